The molecule has 4 nitrogen and oxygen atoms in total. The molecule has 0 aliphatic rings. The Labute approximate surface area is 150 Å². The first kappa shape index (κ1) is 19.3. The quantitative estimate of drug-likeness (QED) is 0.769. The zero-order valence-corrected chi connectivity index (χ0v) is 15.9. The van der Waals surface area contributed by atoms with Crippen molar-refractivity contribution < 1.29 is 13.2 Å². The molecular weight excluding hydrogens is 334 g/mol. The maximum atomic E-state index is 13.1. The predicted molar refractivity (Wildman–Crippen MR) is 101 cm³/mol. The molecule has 0 aliphatic heterocycles. The molecule has 0 radical (unpaired) electrons. The van der Waals surface area contributed by atoms with Gasteiger partial charge in [0.05, 0.1) is 11.3 Å². The van der Waals surface area contributed by atoms with Crippen LogP contribution in [0, 0.1) is 0 Å². The third-order valence-electron chi connectivity index (χ3n) is 4.46. The maximum Gasteiger partial charge on any atom is 0.214 e. The number of nitrogens with one attached hydrogen (secondary N) is 1. The van der Waals surface area contributed by atoms with Crippen molar-refractivity contribution in [2.45, 2.75) is 44.4 Å². The van der Waals surface area contributed by atoms with Crippen LogP contribution in [0.5, 0.6) is 0 Å². The molecule has 25 heavy (non-hydrogen) atoms. The molecular formula is C20H25NO3S. The van der Waals surface area contributed by atoms with Gasteiger partial charge in [0.15, 0.2) is 5.78 Å². The van der Waals surface area contributed by atoms with Gasteiger partial charge in [-0.1, -0.05) is 74.5 Å². The standard InChI is InChI=1S/C20H25NO3S/c1-15(2)25(23,24)21-19(18(22)16-11-7-5-8-12-16)20(3,4)17-13-9-6-10-14-17/h5-15,19,21H,1-4H3/t19-/m1/s1. The highest BCUT2D eigenvalue weighted by atomic mass is 32.2. The number of ketones is 1. The summed E-state index contributed by atoms with van der Waals surface area (Å²) in [5.74, 6) is -0.237. The van der Waals surface area contributed by atoms with Crippen LogP contribution in [0.4, 0.5) is 0 Å². The average molecular weight is 359 g/mol. The van der Waals surface area contributed by atoms with Gasteiger partial charge in [-0.3, -0.25) is 4.79 Å². The highest BCUT2D eigenvalue weighted by Gasteiger charge is 2.40. The fraction of sp³-hybridized carbons (Fsp3) is 0.350. The van der Waals surface area contributed by atoms with Crippen LogP contribution in [0.15, 0.2) is 60.7 Å². The van der Waals surface area contributed by atoms with Crippen LogP contribution in [-0.4, -0.2) is 25.5 Å². The minimum Gasteiger partial charge on any atom is -0.292 e. The van der Waals surface area contributed by atoms with Gasteiger partial charge >= 0.3 is 0 Å². The molecule has 0 heterocycles. The SMILES string of the molecule is CC(C)S(=O)(=O)N[C@H](C(=O)c1ccccc1)C(C)(C)c1ccccc1. The molecule has 0 aliphatic carbocycles. The largest absolute Gasteiger partial charge is 0.292 e. The lowest BCUT2D eigenvalue weighted by atomic mass is 9.75. The smallest absolute Gasteiger partial charge is 0.214 e. The van der Waals surface area contributed by atoms with E-state index in [4.69, 9.17) is 0 Å². The summed E-state index contributed by atoms with van der Waals surface area (Å²) in [6.07, 6.45) is 0. The van der Waals surface area contributed by atoms with Crippen LogP contribution in [-0.2, 0) is 15.4 Å². The van der Waals surface area contributed by atoms with Gasteiger partial charge in [-0.25, -0.2) is 13.1 Å². The Bertz CT molecular complexity index is 813. The maximum absolute atomic E-state index is 13.1. The van der Waals surface area contributed by atoms with Crippen molar-refractivity contribution in [3.8, 4) is 0 Å². The van der Waals surface area contributed by atoms with Crippen LogP contribution in [0.2, 0.25) is 0 Å². The van der Waals surface area contributed by atoms with E-state index in [0.29, 0.717) is 5.56 Å². The molecule has 0 saturated heterocycles. The van der Waals surface area contributed by atoms with E-state index < -0.39 is 26.7 Å². The van der Waals surface area contributed by atoms with E-state index >= 15 is 0 Å². The highest BCUT2D eigenvalue weighted by Crippen LogP contribution is 2.30. The molecule has 2 aromatic carbocycles. The monoisotopic (exact) mass is 359 g/mol. The van der Waals surface area contributed by atoms with Gasteiger partial charge in [0, 0.05) is 11.0 Å². The van der Waals surface area contributed by atoms with Gasteiger partial charge in [-0.2, -0.15) is 0 Å². The number of rotatable bonds is 7. The minimum absolute atomic E-state index is 0.237. The molecule has 0 amide bonds. The summed E-state index contributed by atoms with van der Waals surface area (Å²) < 4.78 is 27.6. The zero-order valence-electron chi connectivity index (χ0n) is 15.1. The Morgan fingerprint density at radius 3 is 1.88 bits per heavy atom. The summed E-state index contributed by atoms with van der Waals surface area (Å²) >= 11 is 0. The molecule has 0 spiro atoms. The fourth-order valence-corrected chi connectivity index (χ4v) is 3.63. The van der Waals surface area contributed by atoms with Crippen molar-refractivity contribution in [1.82, 2.24) is 4.72 Å². The number of carbonyl (C=O) groups excluding carboxylic acids is 1. The number of hydrogen-bond acceptors (Lipinski definition) is 3. The summed E-state index contributed by atoms with van der Waals surface area (Å²) in [6.45, 7) is 6.97. The first-order chi connectivity index (χ1) is 11.7. The molecule has 1 N–H and O–H groups in total. The van der Waals surface area contributed by atoms with Gasteiger partial charge in [0.2, 0.25) is 10.0 Å². The summed E-state index contributed by atoms with van der Waals surface area (Å²) in [6, 6.07) is 17.4. The van der Waals surface area contributed by atoms with Crippen molar-refractivity contribution in [1.29, 1.82) is 0 Å². The lowest BCUT2D eigenvalue weighted by molar-refractivity contribution is 0.0916. The molecule has 134 valence electrons. The summed E-state index contributed by atoms with van der Waals surface area (Å²) in [4.78, 5) is 13.1. The van der Waals surface area contributed by atoms with Gasteiger partial charge in [0.1, 0.15) is 0 Å². The normalized spacial score (nSPS) is 13.6. The lowest BCUT2D eigenvalue weighted by Crippen LogP contribution is -2.53. The molecule has 2 aromatic rings. The van der Waals surface area contributed by atoms with E-state index in [1.807, 2.05) is 50.2 Å². The molecule has 0 saturated carbocycles. The van der Waals surface area contributed by atoms with E-state index in [2.05, 4.69) is 4.72 Å². The molecule has 2 rings (SSSR count). The number of Topliss-reactive ketones (excluding diaryl/α,β-unsaturated/α-hetero) is 1. The Kier molecular flexibility index (Phi) is 5.80. The molecule has 0 bridgehead atoms. The second-order valence-corrected chi connectivity index (χ2v) is 9.23. The first-order valence-corrected chi connectivity index (χ1v) is 9.87. The Morgan fingerprint density at radius 2 is 1.40 bits per heavy atom. The van der Waals surface area contributed by atoms with E-state index in [9.17, 15) is 13.2 Å². The van der Waals surface area contributed by atoms with Crippen LogP contribution in [0.25, 0.3) is 0 Å². The number of hydrogen-bond donors (Lipinski definition) is 1. The third-order valence-corrected chi connectivity index (χ3v) is 6.27. The molecule has 5 heteroatoms. The Hall–Kier alpha value is -1.98. The Balaban J connectivity index is 2.51. The van der Waals surface area contributed by atoms with Crippen molar-refractivity contribution in [2.24, 2.45) is 0 Å². The van der Waals surface area contributed by atoms with Gasteiger partial charge in [-0.15, -0.1) is 0 Å². The van der Waals surface area contributed by atoms with Crippen LogP contribution >= 0.6 is 0 Å². The fourth-order valence-electron chi connectivity index (χ4n) is 2.63. The van der Waals surface area contributed by atoms with E-state index in [-0.39, 0.29) is 5.78 Å². The Morgan fingerprint density at radius 1 is 0.920 bits per heavy atom. The molecule has 0 unspecified atom stereocenters. The van der Waals surface area contributed by atoms with Crippen LogP contribution < -0.4 is 4.72 Å². The van der Waals surface area contributed by atoms with Gasteiger partial charge in [0.25, 0.3) is 0 Å². The predicted octanol–water partition coefficient (Wildman–Crippen LogP) is 3.54. The first-order valence-electron chi connectivity index (χ1n) is 8.32. The van der Waals surface area contributed by atoms with Crippen LogP contribution in [0.3, 0.4) is 0 Å². The average Bonchev–Trinajstić information content (AvgIpc) is 2.60. The second kappa shape index (κ2) is 7.50. The topological polar surface area (TPSA) is 63.2 Å². The minimum atomic E-state index is -3.61. The van der Waals surface area contributed by atoms with E-state index in [1.165, 1.54) is 0 Å². The van der Waals surface area contributed by atoms with Gasteiger partial charge in [-0.05, 0) is 19.4 Å². The van der Waals surface area contributed by atoms with Crippen molar-refractivity contribution in [2.75, 3.05) is 0 Å². The molecule has 0 aromatic heterocycles. The molecule has 1 atom stereocenters. The van der Waals surface area contributed by atoms with Gasteiger partial charge < -0.3 is 0 Å². The summed E-state index contributed by atoms with van der Waals surface area (Å²) in [7, 11) is -3.61. The second-order valence-electron chi connectivity index (χ2n) is 6.96. The van der Waals surface area contributed by atoms with Crippen molar-refractivity contribution in [3.05, 3.63) is 71.8 Å². The molecule has 0 fully saturated rings. The zero-order chi connectivity index (χ0) is 18.7. The van der Waals surface area contributed by atoms with Crippen molar-refractivity contribution in [3.63, 3.8) is 0 Å². The number of carbonyl (C=O) groups is 1. The summed E-state index contributed by atoms with van der Waals surface area (Å²) in [5, 5.41) is -0.620. The number of sulfonamides is 1. The van der Waals surface area contributed by atoms with E-state index in [1.54, 1.807) is 38.1 Å². The highest BCUT2D eigenvalue weighted by molar-refractivity contribution is 7.90. The van der Waals surface area contributed by atoms with Crippen LogP contribution in [0.1, 0.15) is 43.6 Å². The third kappa shape index (κ3) is 4.35. The number of benzene rings is 2. The summed E-state index contributed by atoms with van der Waals surface area (Å²) in [5.41, 5.74) is 0.676. The van der Waals surface area contributed by atoms with E-state index in [0.717, 1.165) is 5.56 Å². The lowest BCUT2D eigenvalue weighted by Gasteiger charge is -2.35. The van der Waals surface area contributed by atoms with Crippen molar-refractivity contribution >= 4 is 15.8 Å².